The molecule has 94 valence electrons. The average Bonchev–Trinajstić information content (AvgIpc) is 2.27. The van der Waals surface area contributed by atoms with E-state index < -0.39 is 5.60 Å². The Bertz CT molecular complexity index is 373. The summed E-state index contributed by atoms with van der Waals surface area (Å²) >= 11 is 0. The largest absolute Gasteiger partial charge is 0.426 e. The van der Waals surface area contributed by atoms with Crippen LogP contribution in [-0.2, 0) is 10.4 Å². The van der Waals surface area contributed by atoms with Crippen molar-refractivity contribution in [1.82, 2.24) is 0 Å². The van der Waals surface area contributed by atoms with Gasteiger partial charge >= 0.3 is 5.97 Å². The van der Waals surface area contributed by atoms with E-state index in [1.807, 2.05) is 13.8 Å². The number of ether oxygens (including phenoxy) is 1. The van der Waals surface area contributed by atoms with Crippen molar-refractivity contribution < 1.29 is 14.6 Å². The molecule has 1 unspecified atom stereocenters. The predicted molar refractivity (Wildman–Crippen MR) is 66.8 cm³/mol. The second kappa shape index (κ2) is 5.32. The molecule has 0 saturated carbocycles. The number of aliphatic hydroxyl groups is 1. The maximum Gasteiger partial charge on any atom is 0.314 e. The van der Waals surface area contributed by atoms with Gasteiger partial charge in [-0.2, -0.15) is 0 Å². The summed E-state index contributed by atoms with van der Waals surface area (Å²) in [4.78, 5) is 11.6. The van der Waals surface area contributed by atoms with Gasteiger partial charge in [-0.1, -0.05) is 26.0 Å². The zero-order valence-electron chi connectivity index (χ0n) is 10.9. The zero-order valence-corrected chi connectivity index (χ0v) is 10.9. The first kappa shape index (κ1) is 13.7. The van der Waals surface area contributed by atoms with Gasteiger partial charge in [-0.25, -0.2) is 0 Å². The lowest BCUT2D eigenvalue weighted by Gasteiger charge is -2.18. The first-order valence-electron chi connectivity index (χ1n) is 5.89. The van der Waals surface area contributed by atoms with E-state index in [0.717, 1.165) is 12.0 Å². The van der Waals surface area contributed by atoms with Crippen molar-refractivity contribution in [2.45, 2.75) is 39.7 Å². The van der Waals surface area contributed by atoms with Crippen molar-refractivity contribution in [3.05, 3.63) is 29.8 Å². The van der Waals surface area contributed by atoms with Gasteiger partial charge in [-0.15, -0.1) is 0 Å². The lowest BCUT2D eigenvalue weighted by Crippen LogP contribution is -2.17. The summed E-state index contributed by atoms with van der Waals surface area (Å²) in [5.74, 6) is 0.204. The lowest BCUT2D eigenvalue weighted by molar-refractivity contribution is -0.138. The Balaban J connectivity index is 2.73. The summed E-state index contributed by atoms with van der Waals surface area (Å²) in [5.41, 5.74) is -0.0833. The van der Waals surface area contributed by atoms with Crippen molar-refractivity contribution >= 4 is 5.97 Å². The van der Waals surface area contributed by atoms with Crippen LogP contribution in [0.25, 0.3) is 0 Å². The Kier molecular flexibility index (Phi) is 4.29. The van der Waals surface area contributed by atoms with Gasteiger partial charge in [-0.3, -0.25) is 4.79 Å². The van der Waals surface area contributed by atoms with E-state index in [9.17, 15) is 9.90 Å². The number of esters is 1. The van der Waals surface area contributed by atoms with Crippen LogP contribution in [0.1, 0.15) is 39.7 Å². The molecule has 0 aliphatic heterocycles. The minimum atomic E-state index is -0.876. The van der Waals surface area contributed by atoms with Gasteiger partial charge in [0.05, 0.1) is 11.5 Å². The molecule has 1 atom stereocenters. The third-order valence-electron chi connectivity index (χ3n) is 2.79. The topological polar surface area (TPSA) is 46.5 Å². The van der Waals surface area contributed by atoms with Gasteiger partial charge < -0.3 is 9.84 Å². The summed E-state index contributed by atoms with van der Waals surface area (Å²) in [5, 5.41) is 9.78. The third kappa shape index (κ3) is 3.86. The Morgan fingerprint density at radius 2 is 1.88 bits per heavy atom. The maximum absolute atomic E-state index is 11.6. The molecule has 0 aromatic heterocycles. The van der Waals surface area contributed by atoms with Gasteiger partial charge in [0.2, 0.25) is 0 Å². The zero-order chi connectivity index (χ0) is 13.1. The molecular weight excluding hydrogens is 216 g/mol. The molecule has 0 aliphatic rings. The third-order valence-corrected chi connectivity index (χ3v) is 2.79. The van der Waals surface area contributed by atoms with Gasteiger partial charge in [-0.05, 0) is 38.0 Å². The van der Waals surface area contributed by atoms with Crippen LogP contribution in [-0.4, -0.2) is 11.1 Å². The summed E-state index contributed by atoms with van der Waals surface area (Å²) in [6, 6.07) is 6.93. The van der Waals surface area contributed by atoms with Gasteiger partial charge in [0.1, 0.15) is 5.75 Å². The maximum atomic E-state index is 11.6. The van der Waals surface area contributed by atoms with Crippen LogP contribution in [0.15, 0.2) is 24.3 Å². The quantitative estimate of drug-likeness (QED) is 0.646. The average molecular weight is 236 g/mol. The predicted octanol–water partition coefficient (Wildman–Crippen LogP) is 2.87. The summed E-state index contributed by atoms with van der Waals surface area (Å²) in [7, 11) is 0. The first-order valence-corrected chi connectivity index (χ1v) is 5.89. The standard InChI is InChI=1S/C14H20O3/c1-5-10(2)13(15)17-12-8-6-11(7-9-12)14(3,4)16/h6-10,16H,5H2,1-4H3. The van der Waals surface area contributed by atoms with Gasteiger partial charge in [0.15, 0.2) is 0 Å². The monoisotopic (exact) mass is 236 g/mol. The fraction of sp³-hybridized carbons (Fsp3) is 0.500. The molecular formula is C14H20O3. The number of rotatable bonds is 4. The van der Waals surface area contributed by atoms with E-state index in [0.29, 0.717) is 5.75 Å². The van der Waals surface area contributed by atoms with Crippen LogP contribution in [0.5, 0.6) is 5.75 Å². The normalized spacial score (nSPS) is 13.2. The number of carbonyl (C=O) groups excluding carboxylic acids is 1. The number of carbonyl (C=O) groups is 1. The molecule has 1 rings (SSSR count). The van der Waals surface area contributed by atoms with E-state index in [2.05, 4.69) is 0 Å². The van der Waals surface area contributed by atoms with Gasteiger partial charge in [0.25, 0.3) is 0 Å². The molecule has 0 aliphatic carbocycles. The van der Waals surface area contributed by atoms with Crippen LogP contribution >= 0.6 is 0 Å². The van der Waals surface area contributed by atoms with Crippen molar-refractivity contribution in [2.24, 2.45) is 5.92 Å². The molecule has 0 heterocycles. The van der Waals surface area contributed by atoms with Crippen LogP contribution in [0.2, 0.25) is 0 Å². The fourth-order valence-electron chi connectivity index (χ4n) is 1.31. The highest BCUT2D eigenvalue weighted by atomic mass is 16.5. The molecule has 1 N–H and O–H groups in total. The molecule has 0 fully saturated rings. The second-order valence-corrected chi connectivity index (χ2v) is 4.81. The van der Waals surface area contributed by atoms with E-state index in [-0.39, 0.29) is 11.9 Å². The second-order valence-electron chi connectivity index (χ2n) is 4.81. The van der Waals surface area contributed by atoms with E-state index in [1.54, 1.807) is 38.1 Å². The molecule has 0 amide bonds. The molecule has 3 heteroatoms. The van der Waals surface area contributed by atoms with Crippen molar-refractivity contribution in [2.75, 3.05) is 0 Å². The minimum absolute atomic E-state index is 0.0936. The van der Waals surface area contributed by atoms with E-state index in [4.69, 9.17) is 4.74 Å². The van der Waals surface area contributed by atoms with E-state index >= 15 is 0 Å². The van der Waals surface area contributed by atoms with Crippen molar-refractivity contribution in [3.63, 3.8) is 0 Å². The molecule has 0 saturated heterocycles. The van der Waals surface area contributed by atoms with Crippen LogP contribution < -0.4 is 4.74 Å². The molecule has 17 heavy (non-hydrogen) atoms. The Hall–Kier alpha value is -1.35. The van der Waals surface area contributed by atoms with Gasteiger partial charge in [0, 0.05) is 0 Å². The fourth-order valence-corrected chi connectivity index (χ4v) is 1.31. The minimum Gasteiger partial charge on any atom is -0.426 e. The van der Waals surface area contributed by atoms with Crippen molar-refractivity contribution in [1.29, 1.82) is 0 Å². The SMILES string of the molecule is CCC(C)C(=O)Oc1ccc(C(C)(C)O)cc1. The molecule has 1 aromatic rings. The van der Waals surface area contributed by atoms with Crippen LogP contribution in [0, 0.1) is 5.92 Å². The summed E-state index contributed by atoms with van der Waals surface area (Å²) in [6.07, 6.45) is 0.764. The molecule has 0 radical (unpaired) electrons. The van der Waals surface area contributed by atoms with E-state index in [1.165, 1.54) is 0 Å². The highest BCUT2D eigenvalue weighted by Crippen LogP contribution is 2.22. The molecule has 0 spiro atoms. The number of benzene rings is 1. The Morgan fingerprint density at radius 1 is 1.35 bits per heavy atom. The Morgan fingerprint density at radius 3 is 2.29 bits per heavy atom. The number of hydrogen-bond acceptors (Lipinski definition) is 3. The van der Waals surface area contributed by atoms with Crippen molar-refractivity contribution in [3.8, 4) is 5.75 Å². The number of hydrogen-bond donors (Lipinski definition) is 1. The van der Waals surface area contributed by atoms with Crippen LogP contribution in [0.4, 0.5) is 0 Å². The smallest absolute Gasteiger partial charge is 0.314 e. The Labute approximate surface area is 102 Å². The molecule has 3 nitrogen and oxygen atoms in total. The molecule has 1 aromatic carbocycles. The highest BCUT2D eigenvalue weighted by molar-refractivity contribution is 5.74. The van der Waals surface area contributed by atoms with Crippen LogP contribution in [0.3, 0.4) is 0 Å². The highest BCUT2D eigenvalue weighted by Gasteiger charge is 2.16. The summed E-state index contributed by atoms with van der Waals surface area (Å²) in [6.45, 7) is 7.22. The lowest BCUT2D eigenvalue weighted by atomic mass is 9.99. The molecule has 0 bridgehead atoms. The first-order chi connectivity index (χ1) is 7.84. The summed E-state index contributed by atoms with van der Waals surface area (Å²) < 4.78 is 5.21.